The van der Waals surface area contributed by atoms with Gasteiger partial charge in [0, 0.05) is 19.3 Å². The van der Waals surface area contributed by atoms with Gasteiger partial charge < -0.3 is 4.90 Å². The van der Waals surface area contributed by atoms with Gasteiger partial charge in [0.15, 0.2) is 0 Å². The monoisotopic (exact) mass is 221 g/mol. The van der Waals surface area contributed by atoms with Crippen molar-refractivity contribution in [1.82, 2.24) is 4.90 Å². The maximum absolute atomic E-state index is 4.13. The maximum atomic E-state index is 4.13. The van der Waals surface area contributed by atoms with Crippen molar-refractivity contribution in [2.45, 2.75) is 40.0 Å². The molecule has 0 aliphatic carbocycles. The van der Waals surface area contributed by atoms with E-state index in [1.54, 1.807) is 0 Å². The highest BCUT2D eigenvalue weighted by atomic mass is 15.1. The van der Waals surface area contributed by atoms with Gasteiger partial charge in [-0.1, -0.05) is 44.7 Å². The maximum Gasteiger partial charge on any atom is 0.0194 e. The molecule has 0 amide bonds. The van der Waals surface area contributed by atoms with Crippen LogP contribution in [0.25, 0.3) is 0 Å². The molecule has 0 atom stereocenters. The lowest BCUT2D eigenvalue weighted by Crippen LogP contribution is -2.22. The van der Waals surface area contributed by atoms with Crippen molar-refractivity contribution in [1.29, 1.82) is 0 Å². The highest BCUT2D eigenvalue weighted by Gasteiger charge is 2.03. The van der Waals surface area contributed by atoms with Crippen LogP contribution in [0, 0.1) is 5.92 Å². The van der Waals surface area contributed by atoms with E-state index in [1.165, 1.54) is 12.1 Å². The van der Waals surface area contributed by atoms with Gasteiger partial charge in [-0.2, -0.15) is 0 Å². The molecule has 1 nitrogen and oxygen atoms in total. The Morgan fingerprint density at radius 3 is 2.56 bits per heavy atom. The number of nitrogens with zero attached hydrogens (tertiary/aromatic N) is 1. The summed E-state index contributed by atoms with van der Waals surface area (Å²) >= 11 is 0. The first-order chi connectivity index (χ1) is 7.57. The van der Waals surface area contributed by atoms with Crippen LogP contribution >= 0.6 is 0 Å². The molecule has 0 aliphatic heterocycles. The van der Waals surface area contributed by atoms with Crippen LogP contribution in [-0.4, -0.2) is 18.5 Å². The summed E-state index contributed by atoms with van der Waals surface area (Å²) in [6, 6.07) is 0. The van der Waals surface area contributed by atoms with Crippen LogP contribution in [0.5, 0.6) is 0 Å². The fraction of sp³-hybridized carbons (Fsp3) is 0.600. The SMILES string of the molecule is C=C(CCC/C=C\C=C/C)N(C)CC(C)C. The van der Waals surface area contributed by atoms with Crippen LogP contribution in [0.1, 0.15) is 40.0 Å². The van der Waals surface area contributed by atoms with E-state index in [1.807, 2.05) is 13.0 Å². The van der Waals surface area contributed by atoms with Crippen molar-refractivity contribution in [3.63, 3.8) is 0 Å². The molecule has 0 spiro atoms. The summed E-state index contributed by atoms with van der Waals surface area (Å²) in [5, 5.41) is 0. The largest absolute Gasteiger partial charge is 0.378 e. The molecule has 0 aromatic carbocycles. The topological polar surface area (TPSA) is 3.24 Å². The average molecular weight is 221 g/mol. The van der Waals surface area contributed by atoms with Gasteiger partial charge in [0.1, 0.15) is 0 Å². The zero-order chi connectivity index (χ0) is 12.4. The van der Waals surface area contributed by atoms with E-state index in [0.717, 1.165) is 19.4 Å². The molecule has 0 radical (unpaired) electrons. The molecule has 0 aliphatic rings. The predicted octanol–water partition coefficient (Wildman–Crippen LogP) is 4.39. The summed E-state index contributed by atoms with van der Waals surface area (Å²) in [6.45, 7) is 11.7. The van der Waals surface area contributed by atoms with Crippen LogP contribution < -0.4 is 0 Å². The van der Waals surface area contributed by atoms with Crippen molar-refractivity contribution in [2.24, 2.45) is 5.92 Å². The lowest BCUT2D eigenvalue weighted by atomic mass is 10.1. The quantitative estimate of drug-likeness (QED) is 0.434. The van der Waals surface area contributed by atoms with Crippen molar-refractivity contribution in [3.8, 4) is 0 Å². The Labute approximate surface area is 102 Å². The highest BCUT2D eigenvalue weighted by molar-refractivity contribution is 5.01. The Bertz CT molecular complexity index is 236. The van der Waals surface area contributed by atoms with Crippen molar-refractivity contribution < 1.29 is 0 Å². The van der Waals surface area contributed by atoms with E-state index in [0.29, 0.717) is 5.92 Å². The van der Waals surface area contributed by atoms with Crippen molar-refractivity contribution in [3.05, 3.63) is 36.6 Å². The van der Waals surface area contributed by atoms with Gasteiger partial charge in [-0.05, 0) is 32.1 Å². The second-order valence-corrected chi connectivity index (χ2v) is 4.69. The summed E-state index contributed by atoms with van der Waals surface area (Å²) < 4.78 is 0. The van der Waals surface area contributed by atoms with E-state index in [2.05, 4.69) is 50.6 Å². The van der Waals surface area contributed by atoms with E-state index >= 15 is 0 Å². The van der Waals surface area contributed by atoms with E-state index in [9.17, 15) is 0 Å². The molecular weight excluding hydrogens is 194 g/mol. The minimum Gasteiger partial charge on any atom is -0.378 e. The molecule has 0 N–H and O–H groups in total. The molecule has 16 heavy (non-hydrogen) atoms. The van der Waals surface area contributed by atoms with Gasteiger partial charge in [0.2, 0.25) is 0 Å². The molecule has 0 aromatic heterocycles. The molecule has 0 rings (SSSR count). The van der Waals surface area contributed by atoms with Crippen LogP contribution in [0.3, 0.4) is 0 Å². The third-order valence-electron chi connectivity index (χ3n) is 2.45. The molecular formula is C15H27N. The van der Waals surface area contributed by atoms with Gasteiger partial charge >= 0.3 is 0 Å². The number of unbranched alkanes of at least 4 members (excludes halogenated alkanes) is 1. The average Bonchev–Trinajstić information content (AvgIpc) is 2.21. The van der Waals surface area contributed by atoms with Crippen LogP contribution in [0.15, 0.2) is 36.6 Å². The minimum absolute atomic E-state index is 0.705. The first kappa shape index (κ1) is 15.0. The molecule has 0 unspecified atom stereocenters. The molecule has 0 saturated carbocycles. The standard InChI is InChI=1S/C15H27N/c1-6-7-8-9-10-11-12-15(4)16(5)13-14(2)3/h6-9,14H,4,10-13H2,1-3,5H3/b7-6-,9-8-. The van der Waals surface area contributed by atoms with Crippen molar-refractivity contribution in [2.75, 3.05) is 13.6 Å². The minimum atomic E-state index is 0.705. The van der Waals surface area contributed by atoms with Gasteiger partial charge in [-0.3, -0.25) is 0 Å². The van der Waals surface area contributed by atoms with Crippen molar-refractivity contribution >= 4 is 0 Å². The van der Waals surface area contributed by atoms with E-state index in [4.69, 9.17) is 0 Å². The number of hydrogen-bond donors (Lipinski definition) is 0. The zero-order valence-electron chi connectivity index (χ0n) is 11.4. The fourth-order valence-electron chi connectivity index (χ4n) is 1.58. The third kappa shape index (κ3) is 8.34. The Hall–Kier alpha value is -0.980. The number of allylic oxidation sites excluding steroid dienone is 5. The normalized spacial score (nSPS) is 11.8. The molecule has 0 fully saturated rings. The third-order valence-corrected chi connectivity index (χ3v) is 2.45. The Morgan fingerprint density at radius 1 is 1.31 bits per heavy atom. The molecule has 1 heteroatoms. The molecule has 0 saturated heterocycles. The summed E-state index contributed by atoms with van der Waals surface area (Å²) in [4.78, 5) is 2.28. The summed E-state index contributed by atoms with van der Waals surface area (Å²) in [5.74, 6) is 0.705. The summed E-state index contributed by atoms with van der Waals surface area (Å²) in [6.07, 6.45) is 11.9. The van der Waals surface area contributed by atoms with Gasteiger partial charge in [-0.15, -0.1) is 0 Å². The molecule has 0 heterocycles. The Morgan fingerprint density at radius 2 is 2.00 bits per heavy atom. The van der Waals surface area contributed by atoms with Gasteiger partial charge in [-0.25, -0.2) is 0 Å². The highest BCUT2D eigenvalue weighted by Crippen LogP contribution is 2.11. The fourth-order valence-corrected chi connectivity index (χ4v) is 1.58. The Kier molecular flexibility index (Phi) is 8.69. The van der Waals surface area contributed by atoms with E-state index < -0.39 is 0 Å². The van der Waals surface area contributed by atoms with Crippen LogP contribution in [0.4, 0.5) is 0 Å². The lowest BCUT2D eigenvalue weighted by molar-refractivity contribution is 0.350. The number of rotatable bonds is 8. The summed E-state index contributed by atoms with van der Waals surface area (Å²) in [7, 11) is 2.14. The zero-order valence-corrected chi connectivity index (χ0v) is 11.4. The van der Waals surface area contributed by atoms with Crippen LogP contribution in [0.2, 0.25) is 0 Å². The second-order valence-electron chi connectivity index (χ2n) is 4.69. The summed E-state index contributed by atoms with van der Waals surface area (Å²) in [5.41, 5.74) is 1.26. The smallest absolute Gasteiger partial charge is 0.0194 e. The molecule has 92 valence electrons. The Balaban J connectivity index is 3.64. The molecule has 0 bridgehead atoms. The first-order valence-electron chi connectivity index (χ1n) is 6.24. The first-order valence-corrected chi connectivity index (χ1v) is 6.24. The second kappa shape index (κ2) is 9.26. The molecule has 0 aromatic rings. The lowest BCUT2D eigenvalue weighted by Gasteiger charge is -2.23. The van der Waals surface area contributed by atoms with Crippen LogP contribution in [-0.2, 0) is 0 Å². The van der Waals surface area contributed by atoms with E-state index in [-0.39, 0.29) is 0 Å². The van der Waals surface area contributed by atoms with Gasteiger partial charge in [0.05, 0.1) is 0 Å². The number of hydrogen-bond acceptors (Lipinski definition) is 1. The predicted molar refractivity (Wildman–Crippen MR) is 74.4 cm³/mol. The van der Waals surface area contributed by atoms with Gasteiger partial charge in [0.25, 0.3) is 0 Å².